The Morgan fingerprint density at radius 2 is 2.05 bits per heavy atom. The van der Waals surface area contributed by atoms with Gasteiger partial charge in [-0.15, -0.1) is 0 Å². The van der Waals surface area contributed by atoms with Gasteiger partial charge in [0.2, 0.25) is 5.91 Å². The molecule has 1 N–H and O–H groups in total. The first-order chi connectivity index (χ1) is 10.1. The van der Waals surface area contributed by atoms with Gasteiger partial charge in [-0.3, -0.25) is 14.5 Å². The summed E-state index contributed by atoms with van der Waals surface area (Å²) in [5.74, 6) is -0.373. The van der Waals surface area contributed by atoms with E-state index in [1.165, 1.54) is 0 Å². The number of ether oxygens (including phenoxy) is 1. The lowest BCUT2D eigenvalue weighted by molar-refractivity contribution is -0.144. The van der Waals surface area contributed by atoms with Crippen LogP contribution in [0.1, 0.15) is 19.8 Å². The summed E-state index contributed by atoms with van der Waals surface area (Å²) in [6.45, 7) is 2.54. The van der Waals surface area contributed by atoms with Crippen LogP contribution in [-0.2, 0) is 14.3 Å². The summed E-state index contributed by atoms with van der Waals surface area (Å²) in [6.07, 6.45) is 2.07. The van der Waals surface area contributed by atoms with E-state index < -0.39 is 0 Å². The molecule has 1 fully saturated rings. The monoisotopic (exact) mass is 402 g/mol. The van der Waals surface area contributed by atoms with Crippen LogP contribution in [0, 0.1) is 3.57 Å². The van der Waals surface area contributed by atoms with E-state index in [2.05, 4.69) is 27.9 Å². The summed E-state index contributed by atoms with van der Waals surface area (Å²) >= 11 is 2.18. The smallest absolute Gasteiger partial charge is 0.320 e. The van der Waals surface area contributed by atoms with Crippen molar-refractivity contribution >= 4 is 40.2 Å². The number of hydrogen-bond donors (Lipinski definition) is 1. The number of halogens is 1. The Hall–Kier alpha value is -1.15. The lowest BCUT2D eigenvalue weighted by atomic mass is 10.3. The Morgan fingerprint density at radius 3 is 2.67 bits per heavy atom. The molecule has 1 aromatic rings. The van der Waals surface area contributed by atoms with Crippen molar-refractivity contribution in [1.29, 1.82) is 0 Å². The molecule has 1 aromatic carbocycles. The van der Waals surface area contributed by atoms with Gasteiger partial charge in [-0.05, 0) is 54.5 Å². The number of amides is 1. The molecular formula is C15H19IN2O3. The maximum atomic E-state index is 12.1. The SMILES string of the molecule is CCOC(=O)CN(CC(=O)Nc1ccccc1I)C1CC1. The van der Waals surface area contributed by atoms with Crippen LogP contribution in [-0.4, -0.2) is 42.5 Å². The molecule has 21 heavy (non-hydrogen) atoms. The Bertz CT molecular complexity index is 517. The molecule has 0 spiro atoms. The molecule has 6 heteroatoms. The van der Waals surface area contributed by atoms with Crippen LogP contribution in [0.15, 0.2) is 24.3 Å². The predicted octanol–water partition coefficient (Wildman–Crippen LogP) is 2.26. The number of hydrogen-bond acceptors (Lipinski definition) is 4. The summed E-state index contributed by atoms with van der Waals surface area (Å²) in [6, 6.07) is 7.94. The fraction of sp³-hybridized carbons (Fsp3) is 0.467. The van der Waals surface area contributed by atoms with Crippen molar-refractivity contribution in [2.24, 2.45) is 0 Å². The Morgan fingerprint density at radius 1 is 1.33 bits per heavy atom. The van der Waals surface area contributed by atoms with Gasteiger partial charge in [-0.1, -0.05) is 12.1 Å². The molecular weight excluding hydrogens is 383 g/mol. The number of carbonyl (C=O) groups is 2. The highest BCUT2D eigenvalue weighted by Crippen LogP contribution is 2.26. The fourth-order valence-corrected chi connectivity index (χ4v) is 2.59. The van der Waals surface area contributed by atoms with Crippen molar-refractivity contribution in [3.63, 3.8) is 0 Å². The average molecular weight is 402 g/mol. The number of nitrogens with one attached hydrogen (secondary N) is 1. The number of anilines is 1. The third-order valence-corrected chi connectivity index (χ3v) is 4.14. The second-order valence-electron chi connectivity index (χ2n) is 4.97. The van der Waals surface area contributed by atoms with Gasteiger partial charge in [-0.25, -0.2) is 0 Å². The van der Waals surface area contributed by atoms with Crippen LogP contribution in [0.3, 0.4) is 0 Å². The summed E-state index contributed by atoms with van der Waals surface area (Å²) in [4.78, 5) is 25.6. The van der Waals surface area contributed by atoms with Crippen LogP contribution in [0.5, 0.6) is 0 Å². The number of rotatable bonds is 7. The molecule has 0 radical (unpaired) electrons. The minimum Gasteiger partial charge on any atom is -0.465 e. The summed E-state index contributed by atoms with van der Waals surface area (Å²) < 4.78 is 5.95. The zero-order chi connectivity index (χ0) is 15.2. The van der Waals surface area contributed by atoms with E-state index in [1.807, 2.05) is 29.2 Å². The normalized spacial score (nSPS) is 14.0. The third-order valence-electron chi connectivity index (χ3n) is 3.20. The number of esters is 1. The van der Waals surface area contributed by atoms with E-state index in [0.717, 1.165) is 22.1 Å². The van der Waals surface area contributed by atoms with Gasteiger partial charge >= 0.3 is 5.97 Å². The summed E-state index contributed by atoms with van der Waals surface area (Å²) in [5.41, 5.74) is 0.801. The maximum absolute atomic E-state index is 12.1. The van der Waals surface area contributed by atoms with Crippen LogP contribution < -0.4 is 5.32 Å². The van der Waals surface area contributed by atoms with Gasteiger partial charge in [-0.2, -0.15) is 0 Å². The van der Waals surface area contributed by atoms with Gasteiger partial charge in [0.1, 0.15) is 0 Å². The van der Waals surface area contributed by atoms with E-state index in [0.29, 0.717) is 12.6 Å². The van der Waals surface area contributed by atoms with Gasteiger partial charge in [0, 0.05) is 9.61 Å². The molecule has 0 bridgehead atoms. The summed E-state index contributed by atoms with van der Waals surface area (Å²) in [7, 11) is 0. The standard InChI is InChI=1S/C15H19IN2O3/c1-2-21-15(20)10-18(11-7-8-11)9-14(19)17-13-6-4-3-5-12(13)16/h3-6,11H,2,7-10H2,1H3,(H,17,19). The largest absolute Gasteiger partial charge is 0.465 e. The Labute approximate surface area is 138 Å². The number of benzene rings is 1. The van der Waals surface area contributed by atoms with Crippen LogP contribution in [0.2, 0.25) is 0 Å². The van der Waals surface area contributed by atoms with Gasteiger partial charge in [0.05, 0.1) is 25.4 Å². The molecule has 0 heterocycles. The maximum Gasteiger partial charge on any atom is 0.320 e. The molecule has 1 amide bonds. The van der Waals surface area contributed by atoms with Crippen molar-refractivity contribution in [1.82, 2.24) is 4.90 Å². The van der Waals surface area contributed by atoms with E-state index in [-0.39, 0.29) is 25.0 Å². The first-order valence-corrected chi connectivity index (χ1v) is 8.12. The second-order valence-corrected chi connectivity index (χ2v) is 6.13. The molecule has 1 saturated carbocycles. The molecule has 0 aromatic heterocycles. The highest BCUT2D eigenvalue weighted by molar-refractivity contribution is 14.1. The first-order valence-electron chi connectivity index (χ1n) is 7.04. The van der Waals surface area contributed by atoms with Crippen LogP contribution in [0.4, 0.5) is 5.69 Å². The molecule has 0 atom stereocenters. The number of nitrogens with zero attached hydrogens (tertiary/aromatic N) is 1. The van der Waals surface area contributed by atoms with E-state index in [1.54, 1.807) is 6.92 Å². The minimum atomic E-state index is -0.272. The van der Waals surface area contributed by atoms with Crippen molar-refractivity contribution in [2.75, 3.05) is 25.0 Å². The zero-order valence-corrected chi connectivity index (χ0v) is 14.1. The molecule has 1 aliphatic rings. The van der Waals surface area contributed by atoms with Crippen LogP contribution in [0.25, 0.3) is 0 Å². The van der Waals surface area contributed by atoms with Gasteiger partial charge < -0.3 is 10.1 Å². The quantitative estimate of drug-likeness (QED) is 0.562. The average Bonchev–Trinajstić information content (AvgIpc) is 3.25. The van der Waals surface area contributed by atoms with E-state index in [9.17, 15) is 9.59 Å². The van der Waals surface area contributed by atoms with Crippen molar-refractivity contribution < 1.29 is 14.3 Å². The Kier molecular flexibility index (Phi) is 5.98. The highest BCUT2D eigenvalue weighted by atomic mass is 127. The van der Waals surface area contributed by atoms with E-state index >= 15 is 0 Å². The fourth-order valence-electron chi connectivity index (χ4n) is 2.06. The van der Waals surface area contributed by atoms with Crippen molar-refractivity contribution in [3.05, 3.63) is 27.8 Å². The molecule has 5 nitrogen and oxygen atoms in total. The molecule has 0 aliphatic heterocycles. The van der Waals surface area contributed by atoms with Gasteiger partial charge in [0.15, 0.2) is 0 Å². The van der Waals surface area contributed by atoms with Crippen molar-refractivity contribution in [3.8, 4) is 0 Å². The lowest BCUT2D eigenvalue weighted by Gasteiger charge is -2.20. The van der Waals surface area contributed by atoms with Crippen LogP contribution >= 0.6 is 22.6 Å². The van der Waals surface area contributed by atoms with E-state index in [4.69, 9.17) is 4.74 Å². The summed E-state index contributed by atoms with van der Waals surface area (Å²) in [5, 5.41) is 2.89. The molecule has 114 valence electrons. The number of para-hydroxylation sites is 1. The predicted molar refractivity (Wildman–Crippen MR) is 89.0 cm³/mol. The lowest BCUT2D eigenvalue weighted by Crippen LogP contribution is -2.39. The molecule has 0 saturated heterocycles. The minimum absolute atomic E-state index is 0.102. The Balaban J connectivity index is 1.89. The molecule has 0 unspecified atom stereocenters. The second kappa shape index (κ2) is 7.74. The van der Waals surface area contributed by atoms with Crippen molar-refractivity contribution in [2.45, 2.75) is 25.8 Å². The molecule has 1 aliphatic carbocycles. The molecule has 2 rings (SSSR count). The highest BCUT2D eigenvalue weighted by Gasteiger charge is 2.32. The number of carbonyl (C=O) groups excluding carboxylic acids is 2. The first kappa shape index (κ1) is 16.2. The van der Waals surface area contributed by atoms with Gasteiger partial charge in [0.25, 0.3) is 0 Å². The zero-order valence-electron chi connectivity index (χ0n) is 12.0. The topological polar surface area (TPSA) is 58.6 Å². The third kappa shape index (κ3) is 5.28.